The average molecular weight is 336 g/mol. The molecule has 1 aromatic rings. The topological polar surface area (TPSA) is 44.4 Å². The van der Waals surface area contributed by atoms with Crippen molar-refractivity contribution in [2.45, 2.75) is 46.6 Å². The van der Waals surface area contributed by atoms with E-state index in [1.165, 1.54) is 0 Å². The van der Waals surface area contributed by atoms with Crippen molar-refractivity contribution in [3.05, 3.63) is 29.8 Å². The number of hydrogen-bond acceptors (Lipinski definition) is 3. The molecular formula is C18H29N3OS. The molecule has 0 saturated carbocycles. The highest BCUT2D eigenvalue weighted by Gasteiger charge is 2.06. The minimum Gasteiger partial charge on any atom is -0.360 e. The Morgan fingerprint density at radius 3 is 2.35 bits per heavy atom. The van der Waals surface area contributed by atoms with Gasteiger partial charge in [-0.1, -0.05) is 13.8 Å². The summed E-state index contributed by atoms with van der Waals surface area (Å²) in [5, 5.41) is 7.09. The molecule has 4 nitrogen and oxygen atoms in total. The van der Waals surface area contributed by atoms with Gasteiger partial charge in [0.1, 0.15) is 0 Å². The Morgan fingerprint density at radius 1 is 1.22 bits per heavy atom. The number of Topliss-reactive ketones (excluding diaryl/α,β-unsaturated/α-hetero) is 1. The lowest BCUT2D eigenvalue weighted by Gasteiger charge is -2.20. The van der Waals surface area contributed by atoms with Gasteiger partial charge in [0.05, 0.1) is 0 Å². The Bertz CT molecular complexity index is 497. The summed E-state index contributed by atoms with van der Waals surface area (Å²) >= 11 is 5.34. The second kappa shape index (κ2) is 10.3. The van der Waals surface area contributed by atoms with Gasteiger partial charge in [0, 0.05) is 17.3 Å². The highest BCUT2D eigenvalue weighted by molar-refractivity contribution is 7.80. The highest BCUT2D eigenvalue weighted by Crippen LogP contribution is 2.10. The van der Waals surface area contributed by atoms with E-state index < -0.39 is 0 Å². The smallest absolute Gasteiger partial charge is 0.170 e. The van der Waals surface area contributed by atoms with Crippen molar-refractivity contribution < 1.29 is 4.79 Å². The van der Waals surface area contributed by atoms with Crippen LogP contribution in [-0.2, 0) is 0 Å². The van der Waals surface area contributed by atoms with Crippen LogP contribution in [0.2, 0.25) is 0 Å². The van der Waals surface area contributed by atoms with Crippen LogP contribution in [0.15, 0.2) is 24.3 Å². The number of nitrogens with one attached hydrogen (secondary N) is 2. The van der Waals surface area contributed by atoms with E-state index in [1.807, 2.05) is 12.1 Å². The lowest BCUT2D eigenvalue weighted by atomic mass is 10.1. The molecule has 0 saturated heterocycles. The predicted molar refractivity (Wildman–Crippen MR) is 102 cm³/mol. The zero-order valence-electron chi connectivity index (χ0n) is 14.7. The van der Waals surface area contributed by atoms with Gasteiger partial charge in [-0.25, -0.2) is 0 Å². The molecule has 1 rings (SSSR count). The Kier molecular flexibility index (Phi) is 8.81. The third-order valence-electron chi connectivity index (χ3n) is 3.93. The van der Waals surface area contributed by atoms with E-state index in [2.05, 4.69) is 36.3 Å². The Labute approximate surface area is 145 Å². The number of ketones is 1. The predicted octanol–water partition coefficient (Wildman–Crippen LogP) is 3.69. The summed E-state index contributed by atoms with van der Waals surface area (Å²) in [7, 11) is 0. The first kappa shape index (κ1) is 19.6. The molecule has 23 heavy (non-hydrogen) atoms. The molecule has 1 aromatic carbocycles. The molecule has 0 spiro atoms. The summed E-state index contributed by atoms with van der Waals surface area (Å²) in [5.41, 5.74) is 1.60. The number of anilines is 1. The van der Waals surface area contributed by atoms with Crippen LogP contribution in [-0.4, -0.2) is 41.5 Å². The molecule has 0 amide bonds. The molecular weight excluding hydrogens is 306 g/mol. The van der Waals surface area contributed by atoms with E-state index in [9.17, 15) is 4.79 Å². The first-order valence-electron chi connectivity index (χ1n) is 8.37. The van der Waals surface area contributed by atoms with E-state index in [0.717, 1.165) is 38.2 Å². The Balaban J connectivity index is 2.33. The van der Waals surface area contributed by atoms with Gasteiger partial charge in [-0.05, 0) is 82.8 Å². The number of nitrogens with zero attached hydrogens (tertiary/aromatic N) is 1. The fourth-order valence-corrected chi connectivity index (χ4v) is 2.73. The van der Waals surface area contributed by atoms with Gasteiger partial charge in [-0.15, -0.1) is 0 Å². The van der Waals surface area contributed by atoms with Crippen molar-refractivity contribution >= 4 is 28.8 Å². The molecule has 2 N–H and O–H groups in total. The maximum absolute atomic E-state index is 11.3. The van der Waals surface area contributed by atoms with E-state index in [4.69, 9.17) is 12.2 Å². The summed E-state index contributed by atoms with van der Waals surface area (Å²) < 4.78 is 0. The normalized spacial score (nSPS) is 12.0. The molecule has 0 aliphatic heterocycles. The summed E-state index contributed by atoms with van der Waals surface area (Å²) in [5.74, 6) is 0.0686. The van der Waals surface area contributed by atoms with Gasteiger partial charge < -0.3 is 15.5 Å². The van der Waals surface area contributed by atoms with Crippen LogP contribution >= 0.6 is 12.2 Å². The van der Waals surface area contributed by atoms with Crippen LogP contribution in [0.4, 0.5) is 5.69 Å². The zero-order chi connectivity index (χ0) is 17.2. The summed E-state index contributed by atoms with van der Waals surface area (Å²) in [6.45, 7) is 11.4. The molecule has 0 unspecified atom stereocenters. The molecule has 128 valence electrons. The van der Waals surface area contributed by atoms with Crippen LogP contribution in [0.25, 0.3) is 0 Å². The third kappa shape index (κ3) is 7.57. The van der Waals surface area contributed by atoms with Crippen molar-refractivity contribution in [2.75, 3.05) is 25.0 Å². The van der Waals surface area contributed by atoms with E-state index in [-0.39, 0.29) is 5.78 Å². The van der Waals surface area contributed by atoms with Crippen LogP contribution in [0.5, 0.6) is 0 Å². The Hall–Kier alpha value is -1.46. The van der Waals surface area contributed by atoms with E-state index >= 15 is 0 Å². The maximum atomic E-state index is 11.3. The van der Waals surface area contributed by atoms with Crippen LogP contribution in [0.3, 0.4) is 0 Å². The van der Waals surface area contributed by atoms with Crippen molar-refractivity contribution in [1.82, 2.24) is 10.2 Å². The van der Waals surface area contributed by atoms with Crippen molar-refractivity contribution in [1.29, 1.82) is 0 Å². The minimum atomic E-state index is 0.0686. The maximum Gasteiger partial charge on any atom is 0.170 e. The molecule has 0 heterocycles. The monoisotopic (exact) mass is 335 g/mol. The summed E-state index contributed by atoms with van der Waals surface area (Å²) in [6, 6.07) is 7.69. The quantitative estimate of drug-likeness (QED) is 0.532. The molecule has 0 bridgehead atoms. The average Bonchev–Trinajstić information content (AvgIpc) is 2.52. The van der Waals surface area contributed by atoms with Crippen molar-refractivity contribution in [2.24, 2.45) is 0 Å². The highest BCUT2D eigenvalue weighted by atomic mass is 32.1. The molecule has 5 heteroatoms. The third-order valence-corrected chi connectivity index (χ3v) is 4.15. The number of thiocarbonyl (C=S) groups is 1. The van der Waals surface area contributed by atoms with Crippen molar-refractivity contribution in [3.8, 4) is 0 Å². The van der Waals surface area contributed by atoms with Gasteiger partial charge in [0.25, 0.3) is 0 Å². The largest absolute Gasteiger partial charge is 0.360 e. The number of benzene rings is 1. The first-order chi connectivity index (χ1) is 11.0. The Morgan fingerprint density at radius 2 is 1.83 bits per heavy atom. The van der Waals surface area contributed by atoms with Crippen LogP contribution in [0.1, 0.15) is 50.9 Å². The first-order valence-corrected chi connectivity index (χ1v) is 8.78. The number of rotatable bonds is 9. The summed E-state index contributed by atoms with van der Waals surface area (Å²) in [6.07, 6.45) is 2.24. The fraction of sp³-hybridized carbons (Fsp3) is 0.556. The van der Waals surface area contributed by atoms with Gasteiger partial charge in [0.2, 0.25) is 0 Å². The zero-order valence-corrected chi connectivity index (χ0v) is 15.5. The van der Waals surface area contributed by atoms with Gasteiger partial charge in [-0.2, -0.15) is 0 Å². The van der Waals surface area contributed by atoms with Crippen LogP contribution in [0, 0.1) is 0 Å². The van der Waals surface area contributed by atoms with E-state index in [0.29, 0.717) is 16.7 Å². The lowest BCUT2D eigenvalue weighted by Crippen LogP contribution is -2.36. The molecule has 0 radical (unpaired) electrons. The summed E-state index contributed by atoms with van der Waals surface area (Å²) in [4.78, 5) is 13.7. The van der Waals surface area contributed by atoms with Crippen molar-refractivity contribution in [3.63, 3.8) is 0 Å². The molecule has 0 aromatic heterocycles. The number of carbonyl (C=O) groups excluding carboxylic acids is 1. The van der Waals surface area contributed by atoms with Gasteiger partial charge in [0.15, 0.2) is 10.9 Å². The molecule has 1 atom stereocenters. The van der Waals surface area contributed by atoms with Gasteiger partial charge in [-0.3, -0.25) is 4.79 Å². The second-order valence-electron chi connectivity index (χ2n) is 5.80. The SMILES string of the molecule is CCN(CC)CCC[C@@H](C)NC(=S)Nc1ccc(C(C)=O)cc1. The van der Waals surface area contributed by atoms with Gasteiger partial charge >= 0.3 is 0 Å². The van der Waals surface area contributed by atoms with E-state index in [1.54, 1.807) is 19.1 Å². The minimum absolute atomic E-state index is 0.0686. The number of carbonyl (C=O) groups is 1. The standard InChI is InChI=1S/C18H29N3OS/c1-5-21(6-2)13-7-8-14(3)19-18(23)20-17-11-9-16(10-12-17)15(4)22/h9-12,14H,5-8,13H2,1-4H3,(H2,19,20,23)/t14-/m1/s1. The number of hydrogen-bond donors (Lipinski definition) is 2. The molecule has 0 aliphatic rings. The van der Waals surface area contributed by atoms with Crippen LogP contribution < -0.4 is 10.6 Å². The lowest BCUT2D eigenvalue weighted by molar-refractivity contribution is 0.101. The second-order valence-corrected chi connectivity index (χ2v) is 6.21. The molecule has 0 aliphatic carbocycles. The molecule has 0 fully saturated rings. The fourth-order valence-electron chi connectivity index (χ4n) is 2.41.